The van der Waals surface area contributed by atoms with Crippen molar-refractivity contribution in [3.05, 3.63) is 86.6 Å². The molecule has 0 saturated carbocycles. The molecule has 0 spiro atoms. The Morgan fingerprint density at radius 3 is 2.64 bits per heavy atom. The minimum Gasteiger partial charge on any atom is -0.303 e. The lowest BCUT2D eigenvalue weighted by Gasteiger charge is -2.16. The van der Waals surface area contributed by atoms with Crippen molar-refractivity contribution < 1.29 is 0 Å². The van der Waals surface area contributed by atoms with E-state index in [-0.39, 0.29) is 10.8 Å². The van der Waals surface area contributed by atoms with Crippen LogP contribution < -0.4 is 5.56 Å². The van der Waals surface area contributed by atoms with Crippen LogP contribution >= 0.6 is 23.4 Å². The molecule has 6 heteroatoms. The van der Waals surface area contributed by atoms with Crippen LogP contribution in [0.4, 0.5) is 0 Å². The summed E-state index contributed by atoms with van der Waals surface area (Å²) in [7, 11) is 0. The molecular formula is C27H30ClN3OS. The van der Waals surface area contributed by atoms with Gasteiger partial charge in [-0.1, -0.05) is 36.7 Å². The van der Waals surface area contributed by atoms with Crippen molar-refractivity contribution in [2.75, 3.05) is 19.6 Å². The average molecular weight is 480 g/mol. The van der Waals surface area contributed by atoms with Crippen molar-refractivity contribution in [1.29, 1.82) is 0 Å². The molecule has 0 radical (unpaired) electrons. The van der Waals surface area contributed by atoms with Gasteiger partial charge in [0.2, 0.25) is 0 Å². The second-order valence-corrected chi connectivity index (χ2v) is 10.7. The zero-order valence-electron chi connectivity index (χ0n) is 19.1. The number of fused-ring (bicyclic) bond motifs is 1. The van der Waals surface area contributed by atoms with Gasteiger partial charge in [-0.15, -0.1) is 11.8 Å². The predicted octanol–water partition coefficient (Wildman–Crippen LogP) is 5.87. The molecule has 172 valence electrons. The van der Waals surface area contributed by atoms with E-state index >= 15 is 0 Å². The Hall–Kier alpha value is -2.08. The molecule has 0 amide bonds. The highest BCUT2D eigenvalue weighted by Gasteiger charge is 2.28. The predicted molar refractivity (Wildman–Crippen MR) is 137 cm³/mol. The lowest BCUT2D eigenvalue weighted by atomic mass is 10.00. The van der Waals surface area contributed by atoms with Crippen LogP contribution in [0.5, 0.6) is 0 Å². The minimum atomic E-state index is 0.0327. The molecule has 3 aromatic rings. The van der Waals surface area contributed by atoms with E-state index < -0.39 is 0 Å². The van der Waals surface area contributed by atoms with E-state index in [4.69, 9.17) is 11.6 Å². The Morgan fingerprint density at radius 1 is 1.09 bits per heavy atom. The number of likely N-dealkylation sites (tertiary alicyclic amines) is 1. The fraction of sp³-hybridized carbons (Fsp3) is 0.407. The van der Waals surface area contributed by atoms with Crippen LogP contribution in [0.25, 0.3) is 5.69 Å². The number of benzene rings is 2. The van der Waals surface area contributed by atoms with Crippen molar-refractivity contribution in [1.82, 2.24) is 14.5 Å². The quantitative estimate of drug-likeness (QED) is 0.425. The monoisotopic (exact) mass is 479 g/mol. The second-order valence-electron chi connectivity index (χ2n) is 9.02. The summed E-state index contributed by atoms with van der Waals surface area (Å²) in [6, 6.07) is 14.4. The van der Waals surface area contributed by atoms with Crippen molar-refractivity contribution in [2.45, 2.75) is 55.6 Å². The maximum absolute atomic E-state index is 13.4. The van der Waals surface area contributed by atoms with Crippen LogP contribution in [0.3, 0.4) is 0 Å². The molecule has 1 saturated heterocycles. The SMILES string of the molecule is CCc1cc(-n2cnc3c(c2=O)SC(c2ccc(Cl)cc2)C3)ccc1CCCN1CCCC1. The van der Waals surface area contributed by atoms with Crippen LogP contribution in [-0.4, -0.2) is 34.1 Å². The molecule has 5 rings (SSSR count). The highest BCUT2D eigenvalue weighted by atomic mass is 35.5. The molecule has 2 aliphatic rings. The number of thioether (sulfide) groups is 1. The van der Waals surface area contributed by atoms with Crippen LogP contribution in [0.2, 0.25) is 5.02 Å². The van der Waals surface area contributed by atoms with Crippen LogP contribution in [-0.2, 0) is 19.3 Å². The first-order chi connectivity index (χ1) is 16.1. The third-order valence-electron chi connectivity index (χ3n) is 6.85. The molecule has 4 nitrogen and oxygen atoms in total. The van der Waals surface area contributed by atoms with E-state index in [0.29, 0.717) is 0 Å². The molecule has 0 N–H and O–H groups in total. The summed E-state index contributed by atoms with van der Waals surface area (Å²) >= 11 is 7.66. The van der Waals surface area contributed by atoms with Crippen LogP contribution in [0, 0.1) is 0 Å². The third kappa shape index (κ3) is 4.91. The van der Waals surface area contributed by atoms with Gasteiger partial charge in [0.15, 0.2) is 0 Å². The van der Waals surface area contributed by atoms with Gasteiger partial charge in [0, 0.05) is 16.7 Å². The van der Waals surface area contributed by atoms with E-state index in [1.165, 1.54) is 55.6 Å². The third-order valence-corrected chi connectivity index (χ3v) is 8.47. The van der Waals surface area contributed by atoms with E-state index in [0.717, 1.165) is 40.6 Å². The summed E-state index contributed by atoms with van der Waals surface area (Å²) in [6.07, 6.45) is 8.41. The fourth-order valence-corrected chi connectivity index (χ4v) is 6.39. The lowest BCUT2D eigenvalue weighted by molar-refractivity contribution is 0.334. The summed E-state index contributed by atoms with van der Waals surface area (Å²) in [4.78, 5) is 21.4. The zero-order valence-corrected chi connectivity index (χ0v) is 20.7. The summed E-state index contributed by atoms with van der Waals surface area (Å²) in [6.45, 7) is 5.89. The number of aromatic nitrogens is 2. The van der Waals surface area contributed by atoms with Gasteiger partial charge in [-0.05, 0) is 92.7 Å². The molecule has 33 heavy (non-hydrogen) atoms. The Kier molecular flexibility index (Phi) is 6.91. The minimum absolute atomic E-state index is 0.0327. The number of aryl methyl sites for hydroxylation is 2. The number of hydrogen-bond donors (Lipinski definition) is 0. The normalized spacial score (nSPS) is 18.1. The second kappa shape index (κ2) is 10.0. The summed E-state index contributed by atoms with van der Waals surface area (Å²) in [5.41, 5.74) is 5.75. The standard InChI is InChI=1S/C27H30ClN3OS/c1-2-19-16-23(12-9-20(19)6-5-15-30-13-3-4-14-30)31-18-29-24-17-25(33-26(24)27(31)32)21-7-10-22(28)11-8-21/h7-12,16,18,25H,2-6,13-15,17H2,1H3. The van der Waals surface area contributed by atoms with E-state index in [9.17, 15) is 4.79 Å². The van der Waals surface area contributed by atoms with Gasteiger partial charge in [-0.2, -0.15) is 0 Å². The van der Waals surface area contributed by atoms with Gasteiger partial charge >= 0.3 is 0 Å². The molecular weight excluding hydrogens is 450 g/mol. The molecule has 0 aliphatic carbocycles. The number of halogens is 1. The molecule has 1 aromatic heterocycles. The van der Waals surface area contributed by atoms with E-state index in [2.05, 4.69) is 35.0 Å². The average Bonchev–Trinajstić information content (AvgIpc) is 3.51. The molecule has 0 bridgehead atoms. The summed E-state index contributed by atoms with van der Waals surface area (Å²) in [5, 5.41) is 0.934. The highest BCUT2D eigenvalue weighted by Crippen LogP contribution is 2.44. The van der Waals surface area contributed by atoms with Crippen molar-refractivity contribution >= 4 is 23.4 Å². The number of nitrogens with zero attached hydrogens (tertiary/aromatic N) is 3. The van der Waals surface area contributed by atoms with Gasteiger partial charge in [-0.3, -0.25) is 9.36 Å². The topological polar surface area (TPSA) is 38.1 Å². The van der Waals surface area contributed by atoms with Gasteiger partial charge in [0.25, 0.3) is 5.56 Å². The van der Waals surface area contributed by atoms with Crippen LogP contribution in [0.15, 0.2) is 58.5 Å². The smallest absolute Gasteiger partial charge is 0.271 e. The maximum atomic E-state index is 13.4. The van der Waals surface area contributed by atoms with Gasteiger partial charge in [0.05, 0.1) is 16.3 Å². The maximum Gasteiger partial charge on any atom is 0.271 e. The lowest BCUT2D eigenvalue weighted by Crippen LogP contribution is -2.21. The molecule has 3 heterocycles. The summed E-state index contributed by atoms with van der Waals surface area (Å²) < 4.78 is 1.71. The van der Waals surface area contributed by atoms with E-state index in [1.807, 2.05) is 24.3 Å². The Balaban J connectivity index is 1.34. The zero-order chi connectivity index (χ0) is 22.8. The highest BCUT2D eigenvalue weighted by molar-refractivity contribution is 7.99. The first-order valence-corrected chi connectivity index (χ1v) is 13.3. The largest absolute Gasteiger partial charge is 0.303 e. The van der Waals surface area contributed by atoms with E-state index in [1.54, 1.807) is 22.7 Å². The Labute approximate surface area is 205 Å². The first-order valence-electron chi connectivity index (χ1n) is 12.0. The van der Waals surface area contributed by atoms with Gasteiger partial charge in [-0.25, -0.2) is 4.98 Å². The number of rotatable bonds is 7. The molecule has 2 aromatic carbocycles. The molecule has 2 aliphatic heterocycles. The van der Waals surface area contributed by atoms with Crippen LogP contribution in [0.1, 0.15) is 53.8 Å². The Morgan fingerprint density at radius 2 is 1.88 bits per heavy atom. The molecule has 1 fully saturated rings. The summed E-state index contributed by atoms with van der Waals surface area (Å²) in [5.74, 6) is 0. The fourth-order valence-electron chi connectivity index (χ4n) is 4.98. The van der Waals surface area contributed by atoms with Gasteiger partial charge in [0.1, 0.15) is 6.33 Å². The molecule has 1 atom stereocenters. The Bertz CT molecular complexity index is 1180. The number of hydrogen-bond acceptors (Lipinski definition) is 4. The molecule has 1 unspecified atom stereocenters. The van der Waals surface area contributed by atoms with Crippen molar-refractivity contribution in [3.8, 4) is 5.69 Å². The first kappa shape index (κ1) is 22.7. The van der Waals surface area contributed by atoms with Crippen molar-refractivity contribution in [3.63, 3.8) is 0 Å². The van der Waals surface area contributed by atoms with Crippen molar-refractivity contribution in [2.24, 2.45) is 0 Å². The van der Waals surface area contributed by atoms with Gasteiger partial charge < -0.3 is 4.90 Å².